The summed E-state index contributed by atoms with van der Waals surface area (Å²) in [5.41, 5.74) is 6.73. The molecule has 0 unspecified atom stereocenters. The molecule has 1 aromatic heterocycles. The maximum atomic E-state index is 5.45. The molecule has 3 N–H and O–H groups in total. The van der Waals surface area contributed by atoms with Crippen LogP contribution in [0.4, 0.5) is 5.95 Å². The minimum atomic E-state index is 0.366. The monoisotopic (exact) mass is 264 g/mol. The highest BCUT2D eigenvalue weighted by Gasteiger charge is 2.01. The molecular formula is C12H16N4OS. The van der Waals surface area contributed by atoms with Crippen LogP contribution in [0.15, 0.2) is 29.4 Å². The van der Waals surface area contributed by atoms with Crippen molar-refractivity contribution in [2.75, 3.05) is 18.6 Å². The first-order valence-corrected chi connectivity index (χ1v) is 6.70. The van der Waals surface area contributed by atoms with E-state index in [1.54, 1.807) is 18.9 Å². The molecule has 0 aliphatic heterocycles. The number of hydrogen-bond donors (Lipinski definition) is 2. The Morgan fingerprint density at radius 1 is 1.44 bits per heavy atom. The van der Waals surface area contributed by atoms with E-state index in [1.807, 2.05) is 12.1 Å². The molecular weight excluding hydrogens is 248 g/mol. The fraction of sp³-hybridized carbons (Fsp3) is 0.333. The van der Waals surface area contributed by atoms with Crippen molar-refractivity contribution in [3.05, 3.63) is 29.8 Å². The average molecular weight is 264 g/mol. The summed E-state index contributed by atoms with van der Waals surface area (Å²) in [6.45, 7) is 0. The van der Waals surface area contributed by atoms with Gasteiger partial charge in [-0.15, -0.1) is 5.10 Å². The van der Waals surface area contributed by atoms with Gasteiger partial charge in [-0.25, -0.2) is 5.10 Å². The number of ether oxygens (including phenoxy) is 1. The molecule has 1 heterocycles. The Labute approximate surface area is 110 Å². The number of nitrogens with zero attached hydrogens (tertiary/aromatic N) is 2. The van der Waals surface area contributed by atoms with Gasteiger partial charge < -0.3 is 10.5 Å². The fourth-order valence-electron chi connectivity index (χ4n) is 1.59. The summed E-state index contributed by atoms with van der Waals surface area (Å²) in [5.74, 6) is 2.24. The van der Waals surface area contributed by atoms with Crippen LogP contribution in [0.25, 0.3) is 0 Å². The topological polar surface area (TPSA) is 76.8 Å². The largest absolute Gasteiger partial charge is 0.497 e. The minimum Gasteiger partial charge on any atom is -0.497 e. The number of thioether (sulfide) groups is 1. The number of aromatic amines is 1. The molecule has 2 rings (SSSR count). The van der Waals surface area contributed by atoms with E-state index in [4.69, 9.17) is 10.5 Å². The molecule has 0 bridgehead atoms. The van der Waals surface area contributed by atoms with Crippen LogP contribution in [0.1, 0.15) is 12.0 Å². The molecule has 0 saturated heterocycles. The van der Waals surface area contributed by atoms with Gasteiger partial charge in [-0.3, -0.25) is 0 Å². The first-order chi connectivity index (χ1) is 8.78. The number of anilines is 1. The third-order valence-corrected chi connectivity index (χ3v) is 3.39. The van der Waals surface area contributed by atoms with Gasteiger partial charge in [0.15, 0.2) is 0 Å². The average Bonchev–Trinajstić information content (AvgIpc) is 2.81. The predicted molar refractivity (Wildman–Crippen MR) is 72.8 cm³/mol. The van der Waals surface area contributed by atoms with Gasteiger partial charge in [0.05, 0.1) is 7.11 Å². The molecule has 0 aliphatic rings. The van der Waals surface area contributed by atoms with Crippen molar-refractivity contribution in [3.8, 4) is 5.75 Å². The number of aromatic nitrogens is 3. The summed E-state index contributed by atoms with van der Waals surface area (Å²) in [6.07, 6.45) is 2.08. The van der Waals surface area contributed by atoms with Crippen molar-refractivity contribution < 1.29 is 4.74 Å². The van der Waals surface area contributed by atoms with E-state index in [1.165, 1.54) is 5.56 Å². The first kappa shape index (κ1) is 12.8. The van der Waals surface area contributed by atoms with Crippen LogP contribution >= 0.6 is 11.8 Å². The summed E-state index contributed by atoms with van der Waals surface area (Å²) in [6, 6.07) is 8.14. The second-order valence-corrected chi connectivity index (χ2v) is 4.87. The van der Waals surface area contributed by atoms with E-state index in [0.717, 1.165) is 24.3 Å². The predicted octanol–water partition coefficient (Wildman–Crippen LogP) is 2.12. The Balaban J connectivity index is 1.74. The van der Waals surface area contributed by atoms with Crippen molar-refractivity contribution in [2.45, 2.75) is 18.0 Å². The second-order valence-electron chi connectivity index (χ2n) is 3.81. The highest BCUT2D eigenvalue weighted by Crippen LogP contribution is 2.17. The molecule has 1 aromatic carbocycles. The molecule has 0 amide bonds. The van der Waals surface area contributed by atoms with Gasteiger partial charge in [-0.05, 0) is 30.5 Å². The Morgan fingerprint density at radius 3 is 3.06 bits per heavy atom. The van der Waals surface area contributed by atoms with E-state index in [-0.39, 0.29) is 0 Å². The van der Waals surface area contributed by atoms with E-state index < -0.39 is 0 Å². The lowest BCUT2D eigenvalue weighted by Gasteiger charge is -2.03. The van der Waals surface area contributed by atoms with Crippen LogP contribution in [0.3, 0.4) is 0 Å². The molecule has 6 heteroatoms. The Hall–Kier alpha value is -1.69. The Bertz CT molecular complexity index is 500. The van der Waals surface area contributed by atoms with Crippen molar-refractivity contribution in [3.63, 3.8) is 0 Å². The normalized spacial score (nSPS) is 10.5. The van der Waals surface area contributed by atoms with Crippen LogP contribution in [0.5, 0.6) is 5.75 Å². The maximum Gasteiger partial charge on any atom is 0.216 e. The minimum absolute atomic E-state index is 0.366. The summed E-state index contributed by atoms with van der Waals surface area (Å²) < 4.78 is 5.19. The summed E-state index contributed by atoms with van der Waals surface area (Å²) in [5, 5.41) is 7.30. The van der Waals surface area contributed by atoms with Crippen LogP contribution in [-0.2, 0) is 6.42 Å². The van der Waals surface area contributed by atoms with Gasteiger partial charge in [-0.1, -0.05) is 23.9 Å². The number of benzene rings is 1. The zero-order valence-corrected chi connectivity index (χ0v) is 11.0. The number of hydrogen-bond acceptors (Lipinski definition) is 5. The van der Waals surface area contributed by atoms with Gasteiger partial charge in [0.1, 0.15) is 5.75 Å². The molecule has 0 atom stereocenters. The summed E-state index contributed by atoms with van der Waals surface area (Å²) >= 11 is 1.61. The van der Waals surface area contributed by atoms with Crippen molar-refractivity contribution in [1.29, 1.82) is 0 Å². The zero-order chi connectivity index (χ0) is 12.8. The molecule has 96 valence electrons. The summed E-state index contributed by atoms with van der Waals surface area (Å²) in [7, 11) is 1.68. The second kappa shape index (κ2) is 6.30. The van der Waals surface area contributed by atoms with Crippen LogP contribution < -0.4 is 10.5 Å². The number of aryl methyl sites for hydroxylation is 1. The third kappa shape index (κ3) is 3.66. The Morgan fingerprint density at radius 2 is 2.33 bits per heavy atom. The molecule has 2 aromatic rings. The summed E-state index contributed by atoms with van der Waals surface area (Å²) in [4.78, 5) is 4.04. The smallest absolute Gasteiger partial charge is 0.216 e. The Kier molecular flexibility index (Phi) is 4.46. The number of rotatable bonds is 6. The highest BCUT2D eigenvalue weighted by atomic mass is 32.2. The van der Waals surface area contributed by atoms with Gasteiger partial charge in [0.2, 0.25) is 11.1 Å². The van der Waals surface area contributed by atoms with E-state index in [0.29, 0.717) is 11.1 Å². The highest BCUT2D eigenvalue weighted by molar-refractivity contribution is 7.99. The van der Waals surface area contributed by atoms with Crippen molar-refractivity contribution in [2.24, 2.45) is 0 Å². The lowest BCUT2D eigenvalue weighted by Crippen LogP contribution is -1.90. The molecule has 0 aliphatic carbocycles. The van der Waals surface area contributed by atoms with Crippen LogP contribution in [0, 0.1) is 0 Å². The van der Waals surface area contributed by atoms with Crippen molar-refractivity contribution in [1.82, 2.24) is 15.2 Å². The maximum absolute atomic E-state index is 5.45. The molecule has 18 heavy (non-hydrogen) atoms. The molecule has 5 nitrogen and oxygen atoms in total. The molecule has 0 saturated carbocycles. The van der Waals surface area contributed by atoms with E-state index in [2.05, 4.69) is 27.3 Å². The SMILES string of the molecule is COc1cccc(CCCSc2n[nH]c(N)n2)c1. The first-order valence-electron chi connectivity index (χ1n) is 5.71. The van der Waals surface area contributed by atoms with Crippen molar-refractivity contribution >= 4 is 17.7 Å². The number of H-pyrrole nitrogens is 1. The lowest BCUT2D eigenvalue weighted by atomic mass is 10.1. The van der Waals surface area contributed by atoms with Crippen LogP contribution in [-0.4, -0.2) is 28.0 Å². The molecule has 0 fully saturated rings. The van der Waals surface area contributed by atoms with Gasteiger partial charge in [0, 0.05) is 5.75 Å². The third-order valence-electron chi connectivity index (χ3n) is 2.46. The van der Waals surface area contributed by atoms with Crippen LogP contribution in [0.2, 0.25) is 0 Å². The standard InChI is InChI=1S/C12H16N4OS/c1-17-10-6-2-4-9(8-10)5-3-7-18-12-14-11(13)15-16-12/h2,4,6,8H,3,5,7H2,1H3,(H3,13,14,15,16). The quantitative estimate of drug-likeness (QED) is 0.617. The number of nitrogens with one attached hydrogen (secondary N) is 1. The van der Waals surface area contributed by atoms with E-state index >= 15 is 0 Å². The zero-order valence-electron chi connectivity index (χ0n) is 10.2. The van der Waals surface area contributed by atoms with Gasteiger partial charge >= 0.3 is 0 Å². The van der Waals surface area contributed by atoms with Gasteiger partial charge in [0.25, 0.3) is 0 Å². The number of methoxy groups -OCH3 is 1. The van der Waals surface area contributed by atoms with Gasteiger partial charge in [-0.2, -0.15) is 4.98 Å². The number of nitrogens with two attached hydrogens (primary N) is 1. The lowest BCUT2D eigenvalue weighted by molar-refractivity contribution is 0.414. The molecule has 0 radical (unpaired) electrons. The van der Waals surface area contributed by atoms with E-state index in [9.17, 15) is 0 Å². The molecule has 0 spiro atoms. The number of nitrogen functional groups attached to an aromatic ring is 1. The fourth-order valence-corrected chi connectivity index (χ4v) is 2.33.